The van der Waals surface area contributed by atoms with Crippen LogP contribution in [-0.4, -0.2) is 35.8 Å². The van der Waals surface area contributed by atoms with Gasteiger partial charge in [-0.1, -0.05) is 19.1 Å². The average molecular weight is 303 g/mol. The number of nitrogens with two attached hydrogens (primary N) is 1. The number of carbonyl (C=O) groups excluding carboxylic acids is 2. The maximum atomic E-state index is 12.4. The normalized spacial score (nSPS) is 18.0. The van der Waals surface area contributed by atoms with Crippen LogP contribution in [0.2, 0.25) is 0 Å². The van der Waals surface area contributed by atoms with Gasteiger partial charge in [-0.3, -0.25) is 9.59 Å². The lowest BCUT2D eigenvalue weighted by molar-refractivity contribution is -0.133. The topological polar surface area (TPSA) is 75.4 Å². The molecular formula is C17H25N3O2. The number of amides is 2. The van der Waals surface area contributed by atoms with Crippen molar-refractivity contribution >= 4 is 17.5 Å². The number of nitrogen functional groups attached to an aromatic ring is 1. The fraction of sp³-hybridized carbons (Fsp3) is 0.529. The summed E-state index contributed by atoms with van der Waals surface area (Å²) in [6.07, 6.45) is 3.66. The molecule has 120 valence electrons. The van der Waals surface area contributed by atoms with E-state index >= 15 is 0 Å². The van der Waals surface area contributed by atoms with Crippen LogP contribution in [0.25, 0.3) is 0 Å². The molecule has 0 aromatic heterocycles. The van der Waals surface area contributed by atoms with Crippen molar-refractivity contribution in [2.24, 2.45) is 0 Å². The Hall–Kier alpha value is -2.04. The second kappa shape index (κ2) is 7.82. The van der Waals surface area contributed by atoms with Gasteiger partial charge < -0.3 is 16.0 Å². The minimum absolute atomic E-state index is 0.0836. The van der Waals surface area contributed by atoms with Crippen LogP contribution in [0.1, 0.15) is 38.2 Å². The van der Waals surface area contributed by atoms with Gasteiger partial charge in [0.25, 0.3) is 0 Å². The molecule has 2 rings (SSSR count). The van der Waals surface area contributed by atoms with Gasteiger partial charge in [0.05, 0.1) is 6.42 Å². The molecule has 1 aliphatic heterocycles. The van der Waals surface area contributed by atoms with Crippen LogP contribution in [0.5, 0.6) is 0 Å². The molecule has 0 radical (unpaired) electrons. The summed E-state index contributed by atoms with van der Waals surface area (Å²) >= 11 is 0. The van der Waals surface area contributed by atoms with Gasteiger partial charge in [0.2, 0.25) is 11.8 Å². The van der Waals surface area contributed by atoms with E-state index in [0.29, 0.717) is 25.1 Å². The summed E-state index contributed by atoms with van der Waals surface area (Å²) in [5.74, 6) is 0.194. The predicted molar refractivity (Wildman–Crippen MR) is 87.2 cm³/mol. The van der Waals surface area contributed by atoms with Gasteiger partial charge in [0, 0.05) is 31.2 Å². The zero-order valence-electron chi connectivity index (χ0n) is 13.2. The maximum absolute atomic E-state index is 12.4. The molecule has 5 heteroatoms. The van der Waals surface area contributed by atoms with Gasteiger partial charge >= 0.3 is 0 Å². The van der Waals surface area contributed by atoms with Crippen LogP contribution in [0, 0.1) is 0 Å². The highest BCUT2D eigenvalue weighted by Crippen LogP contribution is 2.13. The Kier molecular flexibility index (Phi) is 5.81. The quantitative estimate of drug-likeness (QED) is 0.813. The van der Waals surface area contributed by atoms with E-state index in [1.54, 1.807) is 0 Å². The molecule has 1 saturated heterocycles. The van der Waals surface area contributed by atoms with Crippen molar-refractivity contribution in [1.82, 2.24) is 10.2 Å². The fourth-order valence-electron chi connectivity index (χ4n) is 2.77. The van der Waals surface area contributed by atoms with E-state index in [1.807, 2.05) is 36.1 Å². The van der Waals surface area contributed by atoms with Crippen LogP contribution >= 0.6 is 0 Å². The molecule has 1 aromatic rings. The zero-order valence-corrected chi connectivity index (χ0v) is 13.2. The van der Waals surface area contributed by atoms with Crippen molar-refractivity contribution in [3.63, 3.8) is 0 Å². The van der Waals surface area contributed by atoms with Crippen LogP contribution in [0.3, 0.4) is 0 Å². The van der Waals surface area contributed by atoms with Crippen molar-refractivity contribution in [3.8, 4) is 0 Å². The Balaban J connectivity index is 1.87. The molecule has 1 unspecified atom stereocenters. The Labute approximate surface area is 131 Å². The number of rotatable bonds is 5. The summed E-state index contributed by atoms with van der Waals surface area (Å²) in [6, 6.07) is 7.48. The molecule has 1 fully saturated rings. The molecule has 1 aromatic carbocycles. The lowest BCUT2D eigenvalue weighted by Crippen LogP contribution is -2.49. The molecule has 0 saturated carbocycles. The van der Waals surface area contributed by atoms with E-state index in [-0.39, 0.29) is 17.9 Å². The zero-order chi connectivity index (χ0) is 15.9. The third-order valence-electron chi connectivity index (χ3n) is 3.95. The highest BCUT2D eigenvalue weighted by molar-refractivity contribution is 5.79. The largest absolute Gasteiger partial charge is 0.399 e. The number of hydrogen-bond donors (Lipinski definition) is 2. The van der Waals surface area contributed by atoms with E-state index in [0.717, 1.165) is 31.4 Å². The predicted octanol–water partition coefficient (Wildman–Crippen LogP) is 1.72. The first-order chi connectivity index (χ1) is 10.6. The second-order valence-electron chi connectivity index (χ2n) is 5.91. The summed E-state index contributed by atoms with van der Waals surface area (Å²) in [5, 5.41) is 3.03. The van der Waals surface area contributed by atoms with Gasteiger partial charge in [-0.2, -0.15) is 0 Å². The number of carbonyl (C=O) groups is 2. The summed E-state index contributed by atoms with van der Waals surface area (Å²) in [6.45, 7) is 3.38. The first-order valence-electron chi connectivity index (χ1n) is 8.00. The highest BCUT2D eigenvalue weighted by Gasteiger charge is 2.24. The van der Waals surface area contributed by atoms with Crippen LogP contribution in [0.15, 0.2) is 24.3 Å². The lowest BCUT2D eigenvalue weighted by atomic mass is 10.0. The summed E-state index contributed by atoms with van der Waals surface area (Å²) in [7, 11) is 0. The molecule has 1 aliphatic rings. The molecule has 0 spiro atoms. The van der Waals surface area contributed by atoms with Crippen molar-refractivity contribution in [3.05, 3.63) is 29.8 Å². The molecule has 0 bridgehead atoms. The smallest absolute Gasteiger partial charge is 0.227 e. The van der Waals surface area contributed by atoms with Gasteiger partial charge in [0.15, 0.2) is 0 Å². The van der Waals surface area contributed by atoms with Gasteiger partial charge in [-0.15, -0.1) is 0 Å². The van der Waals surface area contributed by atoms with E-state index < -0.39 is 0 Å². The number of benzene rings is 1. The molecule has 1 heterocycles. The SMILES string of the molecule is CCCC(=O)NC1CCCN(C(=O)Cc2ccc(N)cc2)C1. The molecule has 22 heavy (non-hydrogen) atoms. The van der Waals surface area contributed by atoms with Crippen molar-refractivity contribution < 1.29 is 9.59 Å². The average Bonchev–Trinajstić information content (AvgIpc) is 2.50. The Bertz CT molecular complexity index is 513. The fourth-order valence-corrected chi connectivity index (χ4v) is 2.77. The molecular weight excluding hydrogens is 278 g/mol. The second-order valence-corrected chi connectivity index (χ2v) is 5.91. The van der Waals surface area contributed by atoms with E-state index in [4.69, 9.17) is 5.73 Å². The molecule has 3 N–H and O–H groups in total. The molecule has 0 aliphatic carbocycles. The Morgan fingerprint density at radius 3 is 2.73 bits per heavy atom. The monoisotopic (exact) mass is 303 g/mol. The number of likely N-dealkylation sites (tertiary alicyclic amines) is 1. The van der Waals surface area contributed by atoms with Crippen LogP contribution < -0.4 is 11.1 Å². The molecule has 1 atom stereocenters. The van der Waals surface area contributed by atoms with Crippen molar-refractivity contribution in [2.75, 3.05) is 18.8 Å². The van der Waals surface area contributed by atoms with Gasteiger partial charge in [0.1, 0.15) is 0 Å². The van der Waals surface area contributed by atoms with Crippen LogP contribution in [0.4, 0.5) is 5.69 Å². The first kappa shape index (κ1) is 16.3. The first-order valence-corrected chi connectivity index (χ1v) is 8.00. The number of anilines is 1. The van der Waals surface area contributed by atoms with Gasteiger partial charge in [-0.25, -0.2) is 0 Å². The highest BCUT2D eigenvalue weighted by atomic mass is 16.2. The summed E-state index contributed by atoms with van der Waals surface area (Å²) in [5.41, 5.74) is 7.32. The van der Waals surface area contributed by atoms with Gasteiger partial charge in [-0.05, 0) is 37.0 Å². The van der Waals surface area contributed by atoms with E-state index in [1.165, 1.54) is 0 Å². The number of nitrogens with zero attached hydrogens (tertiary/aromatic N) is 1. The maximum Gasteiger partial charge on any atom is 0.227 e. The van der Waals surface area contributed by atoms with Crippen LogP contribution in [-0.2, 0) is 16.0 Å². The standard InChI is InChI=1S/C17H25N3O2/c1-2-4-16(21)19-15-5-3-10-20(12-15)17(22)11-13-6-8-14(18)9-7-13/h6-9,15H,2-5,10-12,18H2,1H3,(H,19,21). The Morgan fingerprint density at radius 2 is 2.05 bits per heavy atom. The van der Waals surface area contributed by atoms with E-state index in [2.05, 4.69) is 5.32 Å². The third kappa shape index (κ3) is 4.76. The molecule has 5 nitrogen and oxygen atoms in total. The minimum Gasteiger partial charge on any atom is -0.399 e. The minimum atomic E-state index is 0.0836. The number of piperidine rings is 1. The third-order valence-corrected chi connectivity index (χ3v) is 3.95. The number of nitrogens with one attached hydrogen (secondary N) is 1. The number of hydrogen-bond acceptors (Lipinski definition) is 3. The van der Waals surface area contributed by atoms with E-state index in [9.17, 15) is 9.59 Å². The van der Waals surface area contributed by atoms with Crippen molar-refractivity contribution in [2.45, 2.75) is 45.1 Å². The molecule has 2 amide bonds. The summed E-state index contributed by atoms with van der Waals surface area (Å²) < 4.78 is 0. The van der Waals surface area contributed by atoms with Crippen molar-refractivity contribution in [1.29, 1.82) is 0 Å². The summed E-state index contributed by atoms with van der Waals surface area (Å²) in [4.78, 5) is 25.9. The Morgan fingerprint density at radius 1 is 1.32 bits per heavy atom. The lowest BCUT2D eigenvalue weighted by Gasteiger charge is -2.33.